The maximum absolute atomic E-state index is 16.2. The second kappa shape index (κ2) is 12.6. The molecule has 1 fully saturated rings. The molecule has 50 heavy (non-hydrogen) atoms. The van der Waals surface area contributed by atoms with Crippen LogP contribution >= 0.6 is 0 Å². The molecule has 1 amide bonds. The SMILES string of the molecule is C[C@@H]1[C@@H]([Si](C)(C)F)[C@H](CCn2cc(CCO)nn2)O[C@@]12C(=O)N(Cc1ccc(-n3ncc4ccccc4c3=O)cc1)c1ccc([N+](=O)[O-])cc12. The van der Waals surface area contributed by atoms with Crippen molar-refractivity contribution in [2.24, 2.45) is 5.92 Å². The lowest BCUT2D eigenvalue weighted by molar-refractivity contribution is -0.385. The van der Waals surface area contributed by atoms with Gasteiger partial charge in [-0.25, -0.2) is 0 Å². The number of hydrogen-bond donors (Lipinski definition) is 1. The van der Waals surface area contributed by atoms with Crippen LogP contribution < -0.4 is 10.5 Å². The number of aliphatic hydroxyl groups is 1. The van der Waals surface area contributed by atoms with E-state index in [9.17, 15) is 24.8 Å². The monoisotopic (exact) mass is 697 g/mol. The van der Waals surface area contributed by atoms with Crippen LogP contribution in [0.2, 0.25) is 18.6 Å². The van der Waals surface area contributed by atoms with Crippen LogP contribution in [0.4, 0.5) is 15.5 Å². The lowest BCUT2D eigenvalue weighted by atomic mass is 9.82. The quantitative estimate of drug-likeness (QED) is 0.0934. The molecule has 2 aliphatic rings. The third kappa shape index (κ3) is 5.60. The summed E-state index contributed by atoms with van der Waals surface area (Å²) in [7, 11) is -3.47. The third-order valence-electron chi connectivity index (χ3n) is 9.97. The Kier molecular flexibility index (Phi) is 8.44. The number of amides is 1. The van der Waals surface area contributed by atoms with Crippen LogP contribution in [0.5, 0.6) is 0 Å². The van der Waals surface area contributed by atoms with E-state index in [1.54, 1.807) is 84.5 Å². The van der Waals surface area contributed by atoms with Crippen LogP contribution in [0.1, 0.15) is 30.2 Å². The summed E-state index contributed by atoms with van der Waals surface area (Å²) in [5.41, 5.74) is 0.0326. The van der Waals surface area contributed by atoms with Gasteiger partial charge in [-0.2, -0.15) is 9.78 Å². The van der Waals surface area contributed by atoms with E-state index in [1.165, 1.54) is 16.8 Å². The molecular formula is C35H36FN7O6Si. The molecule has 4 atom stereocenters. The molecule has 0 bridgehead atoms. The highest BCUT2D eigenvalue weighted by Gasteiger charge is 2.66. The first-order valence-electron chi connectivity index (χ1n) is 16.5. The second-order valence-corrected chi connectivity index (χ2v) is 17.3. The number of fused-ring (bicyclic) bond motifs is 3. The van der Waals surface area contributed by atoms with Gasteiger partial charge in [-0.15, -0.1) is 5.10 Å². The Morgan fingerprint density at radius 2 is 1.86 bits per heavy atom. The van der Waals surface area contributed by atoms with Crippen molar-refractivity contribution in [2.45, 2.75) is 63.2 Å². The van der Waals surface area contributed by atoms with Crippen LogP contribution in [-0.4, -0.2) is 61.8 Å². The maximum atomic E-state index is 16.2. The topological polar surface area (TPSA) is 159 Å². The fourth-order valence-corrected chi connectivity index (χ4v) is 10.3. The number of anilines is 1. The van der Waals surface area contributed by atoms with E-state index in [4.69, 9.17) is 4.74 Å². The van der Waals surface area contributed by atoms with E-state index in [2.05, 4.69) is 15.4 Å². The van der Waals surface area contributed by atoms with Crippen molar-refractivity contribution in [1.82, 2.24) is 24.8 Å². The van der Waals surface area contributed by atoms with Crippen LogP contribution in [0.25, 0.3) is 16.5 Å². The number of rotatable bonds is 10. The normalized spacial score (nSPS) is 21.7. The largest absolute Gasteiger partial charge is 0.396 e. The molecule has 0 saturated carbocycles. The average molecular weight is 698 g/mol. The summed E-state index contributed by atoms with van der Waals surface area (Å²) < 4.78 is 25.9. The summed E-state index contributed by atoms with van der Waals surface area (Å²) in [4.78, 5) is 40.8. The molecule has 1 N–H and O–H groups in total. The lowest BCUT2D eigenvalue weighted by Crippen LogP contribution is -2.45. The zero-order valence-corrected chi connectivity index (χ0v) is 28.8. The number of aliphatic hydroxyl groups excluding tert-OH is 1. The van der Waals surface area contributed by atoms with Gasteiger partial charge in [-0.3, -0.25) is 24.4 Å². The Morgan fingerprint density at radius 1 is 1.10 bits per heavy atom. The number of halogens is 1. The highest BCUT2D eigenvalue weighted by atomic mass is 28.4. The van der Waals surface area contributed by atoms with E-state index in [1.807, 2.05) is 12.1 Å². The summed E-state index contributed by atoms with van der Waals surface area (Å²) in [6.45, 7) is 5.39. The van der Waals surface area contributed by atoms with Crippen LogP contribution in [0, 0.1) is 16.0 Å². The molecule has 7 rings (SSSR count). The van der Waals surface area contributed by atoms with Gasteiger partial charge in [0.25, 0.3) is 17.2 Å². The van der Waals surface area contributed by atoms with Crippen molar-refractivity contribution in [2.75, 3.05) is 11.5 Å². The number of aryl methyl sites for hydroxylation is 1. The number of nitro groups is 1. The molecule has 1 spiro atoms. The number of non-ortho nitro benzene ring substituents is 1. The van der Waals surface area contributed by atoms with Gasteiger partial charge < -0.3 is 18.9 Å². The summed E-state index contributed by atoms with van der Waals surface area (Å²) in [5.74, 6) is -1.04. The van der Waals surface area contributed by atoms with Crippen molar-refractivity contribution >= 4 is 36.5 Å². The molecule has 0 aliphatic carbocycles. The van der Waals surface area contributed by atoms with Crippen molar-refractivity contribution in [3.63, 3.8) is 0 Å². The maximum Gasteiger partial charge on any atom is 0.279 e. The minimum Gasteiger partial charge on any atom is -0.396 e. The molecule has 0 unspecified atom stereocenters. The first kappa shape index (κ1) is 33.4. The Bertz CT molecular complexity index is 2170. The number of nitro benzene ring substituents is 1. The van der Waals surface area contributed by atoms with Crippen molar-refractivity contribution in [3.8, 4) is 5.69 Å². The van der Waals surface area contributed by atoms with Gasteiger partial charge in [0.15, 0.2) is 5.60 Å². The van der Waals surface area contributed by atoms with Crippen molar-refractivity contribution in [1.29, 1.82) is 0 Å². The smallest absolute Gasteiger partial charge is 0.279 e. The molecule has 2 aliphatic heterocycles. The Labute approximate surface area is 287 Å². The lowest BCUT2D eigenvalue weighted by Gasteiger charge is -2.31. The Balaban J connectivity index is 1.22. The van der Waals surface area contributed by atoms with Gasteiger partial charge >= 0.3 is 0 Å². The van der Waals surface area contributed by atoms with E-state index in [-0.39, 0.29) is 24.4 Å². The summed E-state index contributed by atoms with van der Waals surface area (Å²) in [6.07, 6.45) is 3.37. The van der Waals surface area contributed by atoms with E-state index >= 15 is 4.11 Å². The number of aromatic nitrogens is 5. The zero-order chi connectivity index (χ0) is 35.4. The highest BCUT2D eigenvalue weighted by Crippen LogP contribution is 2.60. The van der Waals surface area contributed by atoms with Gasteiger partial charge in [-0.1, -0.05) is 42.5 Å². The average Bonchev–Trinajstić information content (AvgIpc) is 3.74. The number of carbonyl (C=O) groups is 1. The highest BCUT2D eigenvalue weighted by molar-refractivity contribution is 6.72. The summed E-state index contributed by atoms with van der Waals surface area (Å²) >= 11 is 0. The second-order valence-electron chi connectivity index (χ2n) is 13.5. The number of nitrogens with zero attached hydrogens (tertiary/aromatic N) is 7. The Hall–Kier alpha value is -5.12. The molecule has 13 nitrogen and oxygen atoms in total. The number of ether oxygens (including phenoxy) is 1. The molecule has 0 radical (unpaired) electrons. The summed E-state index contributed by atoms with van der Waals surface area (Å²) in [5, 5.41) is 35.0. The molecule has 3 aromatic carbocycles. The predicted molar refractivity (Wildman–Crippen MR) is 185 cm³/mol. The molecule has 1 saturated heterocycles. The van der Waals surface area contributed by atoms with E-state index in [0.717, 1.165) is 10.9 Å². The predicted octanol–water partition coefficient (Wildman–Crippen LogP) is 4.83. The van der Waals surface area contributed by atoms with Gasteiger partial charge in [0.2, 0.25) is 8.41 Å². The first-order valence-corrected chi connectivity index (χ1v) is 19.4. The molecule has 15 heteroatoms. The van der Waals surface area contributed by atoms with Gasteiger partial charge in [-0.05, 0) is 49.3 Å². The Morgan fingerprint density at radius 3 is 2.58 bits per heavy atom. The van der Waals surface area contributed by atoms with Crippen molar-refractivity contribution in [3.05, 3.63) is 116 Å². The van der Waals surface area contributed by atoms with Gasteiger partial charge in [0.05, 0.1) is 46.2 Å². The molecule has 4 heterocycles. The fraction of sp³-hybridized carbons (Fsp3) is 0.343. The standard InChI is InChI=1S/C35H36FN7O6Si/c1-22-32(50(2,3)36)31(14-16-40-21-25(15-17-44)38-39-40)49-35(22)29-18-27(43(47)48)12-13-30(29)41(34(35)46)20-23-8-10-26(11-9-23)42-33(45)28-7-5-4-6-24(28)19-37-42/h4-13,18-19,21-22,31-32,44H,14-17,20H2,1-3H3/t22-,31+,32-,35+/m1/s1. The molecular weight excluding hydrogens is 662 g/mol. The van der Waals surface area contributed by atoms with Crippen LogP contribution in [0.3, 0.4) is 0 Å². The van der Waals surface area contributed by atoms with Crippen molar-refractivity contribution < 1.29 is 23.7 Å². The number of benzene rings is 3. The zero-order valence-electron chi connectivity index (χ0n) is 27.8. The first-order chi connectivity index (χ1) is 23.9. The van der Waals surface area contributed by atoms with Gasteiger partial charge in [0, 0.05) is 60.3 Å². The molecule has 258 valence electrons. The van der Waals surface area contributed by atoms with Crippen LogP contribution in [0.15, 0.2) is 83.9 Å². The fourth-order valence-electron chi connectivity index (χ4n) is 7.71. The molecule has 2 aromatic heterocycles. The summed E-state index contributed by atoms with van der Waals surface area (Å²) in [6, 6.07) is 18.6. The van der Waals surface area contributed by atoms with Gasteiger partial charge in [0.1, 0.15) is 0 Å². The molecule has 5 aromatic rings. The third-order valence-corrected chi connectivity index (χ3v) is 12.4. The van der Waals surface area contributed by atoms with E-state index < -0.39 is 42.4 Å². The number of carbonyl (C=O) groups excluding carboxylic acids is 1. The van der Waals surface area contributed by atoms with E-state index in [0.29, 0.717) is 47.4 Å². The minimum atomic E-state index is -3.47. The van der Waals surface area contributed by atoms with Crippen LogP contribution in [-0.2, 0) is 34.6 Å². The minimum absolute atomic E-state index is 0.0653. The number of hydrogen-bond acceptors (Lipinski definition) is 9.